The van der Waals surface area contributed by atoms with Gasteiger partial charge in [-0.1, -0.05) is 111 Å². The molecule has 0 saturated carbocycles. The van der Waals surface area contributed by atoms with Crippen LogP contribution in [0.1, 0.15) is 30.5 Å². The van der Waals surface area contributed by atoms with Crippen molar-refractivity contribution in [2.24, 2.45) is 0 Å². The van der Waals surface area contributed by atoms with Crippen molar-refractivity contribution in [1.82, 2.24) is 14.6 Å². The van der Waals surface area contributed by atoms with Crippen LogP contribution in [0, 0.1) is 11.3 Å². The van der Waals surface area contributed by atoms with Crippen LogP contribution in [0.3, 0.4) is 0 Å². The zero-order valence-corrected chi connectivity index (χ0v) is 28.1. The van der Waals surface area contributed by atoms with Crippen LogP contribution in [0.25, 0.3) is 83.5 Å². The van der Waals surface area contributed by atoms with Gasteiger partial charge in [0.25, 0.3) is 0 Å². The van der Waals surface area contributed by atoms with Crippen LogP contribution >= 0.6 is 0 Å². The topological polar surface area (TPSA) is 67.1 Å². The third kappa shape index (κ3) is 4.47. The summed E-state index contributed by atoms with van der Waals surface area (Å²) in [7, 11) is 0. The predicted molar refractivity (Wildman–Crippen MR) is 204 cm³/mol. The van der Waals surface area contributed by atoms with Gasteiger partial charge in [-0.15, -0.1) is 5.10 Å². The van der Waals surface area contributed by atoms with E-state index in [0.717, 1.165) is 66.5 Å². The minimum absolute atomic E-state index is 0.229. The van der Waals surface area contributed by atoms with Crippen molar-refractivity contribution in [3.05, 3.63) is 162 Å². The molecule has 3 aromatic heterocycles. The van der Waals surface area contributed by atoms with Gasteiger partial charge in [-0.3, -0.25) is 0 Å². The summed E-state index contributed by atoms with van der Waals surface area (Å²) in [5.74, 6) is 0.657. The molecule has 6 aromatic carbocycles. The standard InChI is InChI=1S/C46H30N4O/c1-46(2)40-22-28(26-47)16-19-35(40)36-20-17-31(25-41(36)46)34-14-9-15-37-39-23-32(18-21-42(39)51-43(34)37)44-48-45-38(30-12-7-4-8-13-30)24-33(27-50(45)49-44)29-10-5-3-6-11-29/h3-25,27H,1-2H3. The van der Waals surface area contributed by atoms with Crippen LogP contribution in [-0.2, 0) is 5.41 Å². The molecule has 240 valence electrons. The number of nitriles is 1. The maximum Gasteiger partial charge on any atom is 0.182 e. The lowest BCUT2D eigenvalue weighted by Crippen LogP contribution is -2.15. The summed E-state index contributed by atoms with van der Waals surface area (Å²) in [4.78, 5) is 5.11. The lowest BCUT2D eigenvalue weighted by molar-refractivity contribution is 0.660. The summed E-state index contributed by atoms with van der Waals surface area (Å²) >= 11 is 0. The van der Waals surface area contributed by atoms with Crippen LogP contribution < -0.4 is 0 Å². The highest BCUT2D eigenvalue weighted by Gasteiger charge is 2.36. The monoisotopic (exact) mass is 654 g/mol. The molecule has 1 aliphatic carbocycles. The third-order valence-electron chi connectivity index (χ3n) is 10.5. The van der Waals surface area contributed by atoms with Gasteiger partial charge < -0.3 is 4.42 Å². The second-order valence-electron chi connectivity index (χ2n) is 13.8. The first-order valence-electron chi connectivity index (χ1n) is 17.1. The fourth-order valence-electron chi connectivity index (χ4n) is 7.87. The van der Waals surface area contributed by atoms with E-state index in [4.69, 9.17) is 14.5 Å². The Balaban J connectivity index is 1.09. The van der Waals surface area contributed by atoms with Crippen LogP contribution in [0.2, 0.25) is 0 Å². The molecular weight excluding hydrogens is 625 g/mol. The van der Waals surface area contributed by atoms with Gasteiger partial charge in [0.2, 0.25) is 0 Å². The van der Waals surface area contributed by atoms with Crippen LogP contribution in [-0.4, -0.2) is 14.6 Å². The summed E-state index contributed by atoms with van der Waals surface area (Å²) in [6.45, 7) is 4.48. The highest BCUT2D eigenvalue weighted by Crippen LogP contribution is 2.50. The van der Waals surface area contributed by atoms with Crippen LogP contribution in [0.4, 0.5) is 0 Å². The van der Waals surface area contributed by atoms with Gasteiger partial charge >= 0.3 is 0 Å². The number of aromatic nitrogens is 3. The third-order valence-corrected chi connectivity index (χ3v) is 10.5. The number of furan rings is 1. The average Bonchev–Trinajstić information content (AvgIpc) is 3.85. The molecule has 1 aliphatic rings. The molecule has 5 nitrogen and oxygen atoms in total. The first-order valence-corrected chi connectivity index (χ1v) is 17.1. The van der Waals surface area contributed by atoms with Gasteiger partial charge in [-0.25, -0.2) is 9.50 Å². The first kappa shape index (κ1) is 29.2. The van der Waals surface area contributed by atoms with E-state index in [1.54, 1.807) is 0 Å². The zero-order valence-electron chi connectivity index (χ0n) is 28.1. The average molecular weight is 655 g/mol. The normalized spacial score (nSPS) is 13.0. The maximum atomic E-state index is 9.56. The largest absolute Gasteiger partial charge is 0.455 e. The molecular formula is C46H30N4O. The summed E-state index contributed by atoms with van der Waals surface area (Å²) in [5, 5.41) is 16.7. The van der Waals surface area contributed by atoms with Crippen molar-refractivity contribution in [3.63, 3.8) is 0 Å². The summed E-state index contributed by atoms with van der Waals surface area (Å²) in [6.07, 6.45) is 2.06. The molecule has 0 fully saturated rings. The first-order chi connectivity index (χ1) is 25.0. The molecule has 5 heteroatoms. The lowest BCUT2D eigenvalue weighted by Gasteiger charge is -2.22. The number of nitrogens with zero attached hydrogens (tertiary/aromatic N) is 4. The summed E-state index contributed by atoms with van der Waals surface area (Å²) in [6, 6.07) is 50.6. The molecule has 0 atom stereocenters. The number of fused-ring (bicyclic) bond motifs is 7. The highest BCUT2D eigenvalue weighted by molar-refractivity contribution is 6.10. The van der Waals surface area contributed by atoms with Crippen LogP contribution in [0.15, 0.2) is 150 Å². The van der Waals surface area contributed by atoms with Crippen molar-refractivity contribution in [3.8, 4) is 62.0 Å². The molecule has 0 N–H and O–H groups in total. The molecule has 0 aliphatic heterocycles. The molecule has 0 unspecified atom stereocenters. The van der Waals surface area contributed by atoms with Crippen molar-refractivity contribution in [2.75, 3.05) is 0 Å². The van der Waals surface area contributed by atoms with Crippen LogP contribution in [0.5, 0.6) is 0 Å². The number of hydrogen-bond acceptors (Lipinski definition) is 4. The smallest absolute Gasteiger partial charge is 0.182 e. The van der Waals surface area contributed by atoms with Crippen molar-refractivity contribution in [1.29, 1.82) is 5.26 Å². The number of benzene rings is 6. The van der Waals surface area contributed by atoms with Gasteiger partial charge in [0.15, 0.2) is 11.5 Å². The van der Waals surface area contributed by atoms with E-state index in [1.165, 1.54) is 22.3 Å². The minimum Gasteiger partial charge on any atom is -0.455 e. The second kappa shape index (κ2) is 10.9. The fraction of sp³-hybridized carbons (Fsp3) is 0.0652. The molecule has 10 rings (SSSR count). The van der Waals surface area contributed by atoms with Gasteiger partial charge in [-0.2, -0.15) is 5.26 Å². The van der Waals surface area contributed by atoms with E-state index < -0.39 is 0 Å². The molecule has 0 amide bonds. The Bertz CT molecular complexity index is 2890. The Kier molecular flexibility index (Phi) is 6.22. The Labute approximate surface area is 294 Å². The highest BCUT2D eigenvalue weighted by atomic mass is 16.3. The minimum atomic E-state index is -0.229. The number of pyridine rings is 1. The quantitative estimate of drug-likeness (QED) is 0.189. The van der Waals surface area contributed by atoms with Crippen molar-refractivity contribution >= 4 is 27.6 Å². The molecule has 9 aromatic rings. The van der Waals surface area contributed by atoms with Gasteiger partial charge in [0, 0.05) is 44.6 Å². The fourth-order valence-corrected chi connectivity index (χ4v) is 7.87. The zero-order chi connectivity index (χ0) is 34.3. The summed E-state index contributed by atoms with van der Waals surface area (Å²) < 4.78 is 8.52. The Morgan fingerprint density at radius 2 is 1.31 bits per heavy atom. The predicted octanol–water partition coefficient (Wildman–Crippen LogP) is 11.5. The van der Waals surface area contributed by atoms with Gasteiger partial charge in [-0.05, 0) is 81.4 Å². The van der Waals surface area contributed by atoms with E-state index in [9.17, 15) is 5.26 Å². The van der Waals surface area contributed by atoms with E-state index in [1.807, 2.05) is 40.9 Å². The molecule has 3 heterocycles. The van der Waals surface area contributed by atoms with E-state index in [0.29, 0.717) is 11.4 Å². The Morgan fingerprint density at radius 3 is 2.10 bits per heavy atom. The molecule has 0 saturated heterocycles. The summed E-state index contributed by atoms with van der Waals surface area (Å²) in [5.41, 5.74) is 15.2. The van der Waals surface area contributed by atoms with E-state index in [-0.39, 0.29) is 5.41 Å². The Morgan fingerprint density at radius 1 is 0.588 bits per heavy atom. The lowest BCUT2D eigenvalue weighted by atomic mass is 9.81. The SMILES string of the molecule is CC1(C)c2cc(C#N)ccc2-c2ccc(-c3cccc4c3oc3ccc(-c5nc6c(-c7ccccc7)cc(-c7ccccc7)cn6n5)cc34)cc21. The number of hydrogen-bond donors (Lipinski definition) is 0. The van der Waals surface area contributed by atoms with Crippen molar-refractivity contribution in [2.45, 2.75) is 19.3 Å². The van der Waals surface area contributed by atoms with Gasteiger partial charge in [0.1, 0.15) is 11.2 Å². The number of rotatable bonds is 4. The second-order valence-corrected chi connectivity index (χ2v) is 13.8. The molecule has 0 radical (unpaired) electrons. The van der Waals surface area contributed by atoms with E-state index >= 15 is 0 Å². The number of para-hydroxylation sites is 1. The van der Waals surface area contributed by atoms with Crippen molar-refractivity contribution < 1.29 is 4.42 Å². The Hall–Kier alpha value is -6.77. The van der Waals surface area contributed by atoms with Gasteiger partial charge in [0.05, 0.1) is 11.6 Å². The maximum absolute atomic E-state index is 9.56. The van der Waals surface area contributed by atoms with E-state index in [2.05, 4.69) is 129 Å². The molecule has 0 bridgehead atoms. The molecule has 0 spiro atoms. The molecule has 51 heavy (non-hydrogen) atoms.